The van der Waals surface area contributed by atoms with Gasteiger partial charge in [0.05, 0.1) is 0 Å². The summed E-state index contributed by atoms with van der Waals surface area (Å²) in [5, 5.41) is 5.76. The second kappa shape index (κ2) is 9.90. The summed E-state index contributed by atoms with van der Waals surface area (Å²) in [7, 11) is 0. The largest absolute Gasteiger partial charge is 0.368 e. The highest BCUT2D eigenvalue weighted by atomic mass is 35.5. The average Bonchev–Trinajstić information content (AvgIpc) is 3.20. The van der Waals surface area contributed by atoms with Gasteiger partial charge in [0, 0.05) is 55.0 Å². The number of anilines is 1. The minimum atomic E-state index is -0.345. The van der Waals surface area contributed by atoms with Crippen LogP contribution in [0.25, 0.3) is 5.65 Å². The number of piperazine rings is 1. The molecule has 2 aromatic carbocycles. The van der Waals surface area contributed by atoms with Crippen LogP contribution in [0.4, 0.5) is 5.69 Å². The van der Waals surface area contributed by atoms with Crippen LogP contribution >= 0.6 is 23.4 Å². The van der Waals surface area contributed by atoms with Gasteiger partial charge in [0.2, 0.25) is 5.91 Å². The third-order valence-electron chi connectivity index (χ3n) is 5.80. The van der Waals surface area contributed by atoms with Crippen molar-refractivity contribution in [3.8, 4) is 0 Å². The summed E-state index contributed by atoms with van der Waals surface area (Å²) in [5.74, 6) is 0.553. The molecule has 0 spiro atoms. The molecule has 5 rings (SSSR count). The van der Waals surface area contributed by atoms with Crippen LogP contribution in [0.1, 0.15) is 5.56 Å². The number of hydrogen-bond acceptors (Lipinski definition) is 6. The molecule has 4 aromatic rings. The van der Waals surface area contributed by atoms with E-state index in [1.165, 1.54) is 20.8 Å². The van der Waals surface area contributed by atoms with Crippen LogP contribution in [0.15, 0.2) is 76.8 Å². The van der Waals surface area contributed by atoms with Gasteiger partial charge in [-0.2, -0.15) is 0 Å². The van der Waals surface area contributed by atoms with E-state index in [1.807, 2.05) is 42.5 Å². The van der Waals surface area contributed by atoms with Crippen LogP contribution in [0.5, 0.6) is 0 Å². The van der Waals surface area contributed by atoms with Crippen molar-refractivity contribution in [3.63, 3.8) is 0 Å². The number of halogens is 1. The first-order valence-electron chi connectivity index (χ1n) is 11.0. The minimum absolute atomic E-state index is 0.0901. The first kappa shape index (κ1) is 22.5. The van der Waals surface area contributed by atoms with Crippen molar-refractivity contribution in [1.82, 2.24) is 24.1 Å². The molecule has 0 atom stereocenters. The highest BCUT2D eigenvalue weighted by Crippen LogP contribution is 2.24. The summed E-state index contributed by atoms with van der Waals surface area (Å²) in [6.45, 7) is 2.64. The van der Waals surface area contributed by atoms with Crippen molar-refractivity contribution < 1.29 is 4.79 Å². The van der Waals surface area contributed by atoms with E-state index in [9.17, 15) is 9.59 Å². The predicted octanol–water partition coefficient (Wildman–Crippen LogP) is 3.19. The number of benzene rings is 2. The summed E-state index contributed by atoms with van der Waals surface area (Å²) in [6, 6.07) is 17.8. The molecule has 0 unspecified atom stereocenters. The fourth-order valence-electron chi connectivity index (χ4n) is 3.94. The molecule has 0 saturated carbocycles. The Morgan fingerprint density at radius 2 is 1.74 bits per heavy atom. The number of thioether (sulfide) groups is 1. The Hall–Kier alpha value is -3.30. The van der Waals surface area contributed by atoms with E-state index in [1.54, 1.807) is 17.3 Å². The van der Waals surface area contributed by atoms with E-state index >= 15 is 0 Å². The maximum Gasteiger partial charge on any atom is 0.350 e. The number of carbonyl (C=O) groups excluding carboxylic acids is 1. The Balaban J connectivity index is 1.26. The Kier molecular flexibility index (Phi) is 6.55. The van der Waals surface area contributed by atoms with Crippen molar-refractivity contribution in [2.45, 2.75) is 17.3 Å². The molecular weight excluding hydrogens is 472 g/mol. The second-order valence-electron chi connectivity index (χ2n) is 7.98. The molecule has 0 N–H and O–H groups in total. The van der Waals surface area contributed by atoms with Gasteiger partial charge in [-0.15, -0.1) is 5.10 Å². The fraction of sp³-hybridized carbons (Fsp3) is 0.250. The number of nitrogens with zero attached hydrogens (tertiary/aromatic N) is 6. The Labute approximate surface area is 205 Å². The second-order valence-corrected chi connectivity index (χ2v) is 9.39. The summed E-state index contributed by atoms with van der Waals surface area (Å²) in [4.78, 5) is 34.3. The van der Waals surface area contributed by atoms with Crippen LogP contribution in [0.2, 0.25) is 5.02 Å². The van der Waals surface area contributed by atoms with Crippen LogP contribution in [-0.2, 0) is 17.1 Å². The van der Waals surface area contributed by atoms with Gasteiger partial charge in [-0.1, -0.05) is 53.7 Å². The molecule has 8 nitrogen and oxygen atoms in total. The molecule has 1 aliphatic heterocycles. The van der Waals surface area contributed by atoms with Gasteiger partial charge in [-0.05, 0) is 29.8 Å². The Morgan fingerprint density at radius 3 is 2.47 bits per heavy atom. The highest BCUT2D eigenvalue weighted by molar-refractivity contribution is 7.98. The van der Waals surface area contributed by atoms with Gasteiger partial charge in [-0.3, -0.25) is 4.79 Å². The molecule has 10 heteroatoms. The Morgan fingerprint density at radius 1 is 1.00 bits per heavy atom. The van der Waals surface area contributed by atoms with Gasteiger partial charge in [0.25, 0.3) is 0 Å². The summed E-state index contributed by atoms with van der Waals surface area (Å²) < 4.78 is 2.67. The molecule has 1 aliphatic rings. The van der Waals surface area contributed by atoms with Gasteiger partial charge in [0.1, 0.15) is 11.6 Å². The van der Waals surface area contributed by atoms with Crippen molar-refractivity contribution in [2.24, 2.45) is 0 Å². The topological polar surface area (TPSA) is 75.7 Å². The zero-order valence-electron chi connectivity index (χ0n) is 18.4. The van der Waals surface area contributed by atoms with Crippen LogP contribution in [0, 0.1) is 0 Å². The molecule has 1 fully saturated rings. The maximum atomic E-state index is 12.9. The molecule has 1 amide bonds. The zero-order chi connectivity index (χ0) is 23.5. The number of fused-ring (bicyclic) bond motifs is 1. The Bertz CT molecular complexity index is 1350. The van der Waals surface area contributed by atoms with Crippen molar-refractivity contribution in [1.29, 1.82) is 0 Å². The van der Waals surface area contributed by atoms with E-state index in [2.05, 4.69) is 27.1 Å². The standard InChI is InChI=1S/C24H23ClN6O2S/c25-19-8-6-18(7-9-19)17-34-23-22-27-31(24(33)30(22)11-10-26-23)16-21(32)29-14-12-28(13-15-29)20-4-2-1-3-5-20/h1-11H,12-17H2. The summed E-state index contributed by atoms with van der Waals surface area (Å²) in [5.41, 5.74) is 2.35. The van der Waals surface area contributed by atoms with E-state index < -0.39 is 0 Å². The molecule has 0 aliphatic carbocycles. The van der Waals surface area contributed by atoms with Crippen LogP contribution in [-0.4, -0.2) is 56.2 Å². The maximum absolute atomic E-state index is 12.9. The van der Waals surface area contributed by atoms with Crippen molar-refractivity contribution >= 4 is 40.6 Å². The molecule has 34 heavy (non-hydrogen) atoms. The normalized spacial score (nSPS) is 14.0. The zero-order valence-corrected chi connectivity index (χ0v) is 20.0. The van der Waals surface area contributed by atoms with Gasteiger partial charge < -0.3 is 9.80 Å². The SMILES string of the molecule is O=C(Cn1nc2c(SCc3ccc(Cl)cc3)nccn2c1=O)N1CCN(c2ccccc2)CC1. The molecule has 0 bridgehead atoms. The third kappa shape index (κ3) is 4.80. The molecule has 1 saturated heterocycles. The number of aromatic nitrogens is 4. The molecule has 3 heterocycles. The third-order valence-corrected chi connectivity index (χ3v) is 7.09. The van der Waals surface area contributed by atoms with Crippen molar-refractivity contribution in [3.05, 3.63) is 88.1 Å². The van der Waals surface area contributed by atoms with Gasteiger partial charge in [-0.25, -0.2) is 18.9 Å². The van der Waals surface area contributed by atoms with E-state index in [-0.39, 0.29) is 18.1 Å². The lowest BCUT2D eigenvalue weighted by Crippen LogP contribution is -2.50. The van der Waals surface area contributed by atoms with E-state index in [0.29, 0.717) is 34.5 Å². The van der Waals surface area contributed by atoms with E-state index in [0.717, 1.165) is 24.3 Å². The predicted molar refractivity (Wildman–Crippen MR) is 133 cm³/mol. The monoisotopic (exact) mass is 494 g/mol. The van der Waals surface area contributed by atoms with Gasteiger partial charge >= 0.3 is 5.69 Å². The minimum Gasteiger partial charge on any atom is -0.368 e. The van der Waals surface area contributed by atoms with Crippen LogP contribution < -0.4 is 10.6 Å². The number of amides is 1. The summed E-state index contributed by atoms with van der Waals surface area (Å²) >= 11 is 7.44. The smallest absolute Gasteiger partial charge is 0.350 e. The van der Waals surface area contributed by atoms with Gasteiger partial charge in [0.15, 0.2) is 5.65 Å². The van der Waals surface area contributed by atoms with E-state index in [4.69, 9.17) is 11.6 Å². The highest BCUT2D eigenvalue weighted by Gasteiger charge is 2.23. The number of carbonyl (C=O) groups is 1. The molecular formula is C24H23ClN6O2S. The lowest BCUT2D eigenvalue weighted by Gasteiger charge is -2.36. The molecule has 0 radical (unpaired) electrons. The lowest BCUT2D eigenvalue weighted by atomic mass is 10.2. The first-order valence-corrected chi connectivity index (χ1v) is 12.3. The molecule has 2 aromatic heterocycles. The lowest BCUT2D eigenvalue weighted by molar-refractivity contribution is -0.132. The summed E-state index contributed by atoms with van der Waals surface area (Å²) in [6.07, 6.45) is 3.16. The number of para-hydroxylation sites is 1. The number of rotatable bonds is 6. The fourth-order valence-corrected chi connectivity index (χ4v) is 4.97. The first-order chi connectivity index (χ1) is 16.6. The molecule has 174 valence electrons. The number of hydrogen-bond donors (Lipinski definition) is 0. The van der Waals surface area contributed by atoms with Crippen LogP contribution in [0.3, 0.4) is 0 Å². The quantitative estimate of drug-likeness (QED) is 0.383. The van der Waals surface area contributed by atoms with Crippen molar-refractivity contribution in [2.75, 3.05) is 31.1 Å². The average molecular weight is 495 g/mol.